The molecule has 0 fully saturated rings. The third-order valence-electron chi connectivity index (χ3n) is 2.14. The molecule has 0 radical (unpaired) electrons. The molecule has 1 rings (SSSR count). The summed E-state index contributed by atoms with van der Waals surface area (Å²) in [5, 5.41) is 9.99. The maximum Gasteiger partial charge on any atom is 0.333 e. The molecule has 1 atom stereocenters. The van der Waals surface area contributed by atoms with E-state index < -0.39 is 12.1 Å². The molecule has 0 amide bonds. The fourth-order valence-corrected chi connectivity index (χ4v) is 1.99. The van der Waals surface area contributed by atoms with Crippen molar-refractivity contribution < 1.29 is 14.6 Å². The lowest BCUT2D eigenvalue weighted by Crippen LogP contribution is -2.26. The first kappa shape index (κ1) is 14.3. The van der Waals surface area contributed by atoms with Crippen molar-refractivity contribution >= 4 is 29.2 Å². The van der Waals surface area contributed by atoms with Crippen LogP contribution in [0.1, 0.15) is 18.9 Å². The molecule has 0 aliphatic rings. The molecule has 17 heavy (non-hydrogen) atoms. The van der Waals surface area contributed by atoms with Crippen LogP contribution in [-0.4, -0.2) is 23.8 Å². The number of hydrogen-bond acceptors (Lipinski definition) is 2. The van der Waals surface area contributed by atoms with Crippen LogP contribution in [0.2, 0.25) is 10.0 Å². The minimum Gasteiger partial charge on any atom is -0.479 e. The minimum atomic E-state index is -0.977. The second-order valence-corrected chi connectivity index (χ2v) is 4.55. The van der Waals surface area contributed by atoms with Crippen LogP contribution in [-0.2, 0) is 16.0 Å². The predicted molar refractivity (Wildman–Crippen MR) is 67.8 cm³/mol. The normalized spacial score (nSPS) is 12.4. The van der Waals surface area contributed by atoms with Gasteiger partial charge in [0.2, 0.25) is 0 Å². The van der Waals surface area contributed by atoms with Crippen molar-refractivity contribution in [2.45, 2.75) is 25.9 Å². The van der Waals surface area contributed by atoms with Crippen molar-refractivity contribution in [1.82, 2.24) is 0 Å². The maximum atomic E-state index is 11.0. The van der Waals surface area contributed by atoms with Gasteiger partial charge < -0.3 is 9.84 Å². The molecule has 0 unspecified atom stereocenters. The fourth-order valence-electron chi connectivity index (χ4n) is 1.42. The van der Waals surface area contributed by atoms with Crippen molar-refractivity contribution in [2.24, 2.45) is 0 Å². The van der Waals surface area contributed by atoms with E-state index in [2.05, 4.69) is 0 Å². The third kappa shape index (κ3) is 4.94. The van der Waals surface area contributed by atoms with Gasteiger partial charge in [-0.2, -0.15) is 0 Å². The lowest BCUT2D eigenvalue weighted by atomic mass is 10.1. The molecule has 0 aliphatic carbocycles. The summed E-state index contributed by atoms with van der Waals surface area (Å²) in [5.41, 5.74) is 0.756. The van der Waals surface area contributed by atoms with Gasteiger partial charge in [0, 0.05) is 23.1 Å². The molecule has 0 aromatic heterocycles. The van der Waals surface area contributed by atoms with E-state index in [1.54, 1.807) is 18.2 Å². The van der Waals surface area contributed by atoms with Crippen molar-refractivity contribution in [1.29, 1.82) is 0 Å². The molecule has 1 N–H and O–H groups in total. The summed E-state index contributed by atoms with van der Waals surface area (Å²) in [7, 11) is 0. The zero-order chi connectivity index (χ0) is 12.8. The Labute approximate surface area is 110 Å². The van der Waals surface area contributed by atoms with E-state index in [1.165, 1.54) is 0 Å². The van der Waals surface area contributed by atoms with Crippen molar-refractivity contribution in [2.75, 3.05) is 6.61 Å². The molecule has 0 saturated carbocycles. The van der Waals surface area contributed by atoms with E-state index in [1.807, 2.05) is 6.92 Å². The van der Waals surface area contributed by atoms with Gasteiger partial charge in [-0.1, -0.05) is 30.1 Å². The summed E-state index contributed by atoms with van der Waals surface area (Å²) in [6.45, 7) is 2.35. The average molecular weight is 277 g/mol. The molecule has 1 aromatic rings. The van der Waals surface area contributed by atoms with Crippen LogP contribution >= 0.6 is 23.2 Å². The van der Waals surface area contributed by atoms with Crippen molar-refractivity contribution in [3.63, 3.8) is 0 Å². The predicted octanol–water partition coefficient (Wildman–Crippen LogP) is 3.42. The highest BCUT2D eigenvalue weighted by molar-refractivity contribution is 6.34. The Morgan fingerprint density at radius 3 is 2.41 bits per heavy atom. The van der Waals surface area contributed by atoms with Crippen LogP contribution in [0.3, 0.4) is 0 Å². The van der Waals surface area contributed by atoms with E-state index in [4.69, 9.17) is 33.0 Å². The second kappa shape index (κ2) is 6.84. The summed E-state index contributed by atoms with van der Waals surface area (Å²) in [6.07, 6.45) is 0.180. The van der Waals surface area contributed by atoms with Gasteiger partial charge in [-0.05, 0) is 30.2 Å². The molecular formula is C12H14Cl2O3. The quantitative estimate of drug-likeness (QED) is 0.866. The highest BCUT2D eigenvalue weighted by Gasteiger charge is 2.18. The summed E-state index contributed by atoms with van der Waals surface area (Å²) in [5.74, 6) is -0.977. The monoisotopic (exact) mass is 276 g/mol. The summed E-state index contributed by atoms with van der Waals surface area (Å²) < 4.78 is 5.25. The molecule has 3 nitrogen and oxygen atoms in total. The highest BCUT2D eigenvalue weighted by Crippen LogP contribution is 2.20. The number of carboxylic acid groups (broad SMARTS) is 1. The molecule has 1 aromatic carbocycles. The average Bonchev–Trinajstić information content (AvgIpc) is 2.22. The second-order valence-electron chi connectivity index (χ2n) is 3.68. The highest BCUT2D eigenvalue weighted by atomic mass is 35.5. The van der Waals surface area contributed by atoms with Crippen LogP contribution in [0.15, 0.2) is 18.2 Å². The molecule has 0 saturated heterocycles. The SMILES string of the molecule is CCCO[C@H](Cc1cc(Cl)cc(Cl)c1)C(=O)O. The maximum absolute atomic E-state index is 11.0. The Hall–Kier alpha value is -0.770. The van der Waals surface area contributed by atoms with Gasteiger partial charge in [-0.15, -0.1) is 0 Å². The Kier molecular flexibility index (Phi) is 5.75. The third-order valence-corrected chi connectivity index (χ3v) is 2.58. The van der Waals surface area contributed by atoms with E-state index in [0.717, 1.165) is 12.0 Å². The van der Waals surface area contributed by atoms with E-state index in [0.29, 0.717) is 16.7 Å². The van der Waals surface area contributed by atoms with Crippen LogP contribution in [0.5, 0.6) is 0 Å². The number of halogens is 2. The van der Waals surface area contributed by atoms with Gasteiger partial charge in [-0.3, -0.25) is 0 Å². The van der Waals surface area contributed by atoms with Crippen LogP contribution < -0.4 is 0 Å². The first-order valence-corrected chi connectivity index (χ1v) is 6.08. The lowest BCUT2D eigenvalue weighted by Gasteiger charge is -2.13. The van der Waals surface area contributed by atoms with Crippen molar-refractivity contribution in [3.05, 3.63) is 33.8 Å². The summed E-state index contributed by atoms with van der Waals surface area (Å²) in [6, 6.07) is 4.99. The Morgan fingerprint density at radius 1 is 1.35 bits per heavy atom. The number of carboxylic acids is 1. The first-order valence-electron chi connectivity index (χ1n) is 5.32. The van der Waals surface area contributed by atoms with Crippen molar-refractivity contribution in [3.8, 4) is 0 Å². The lowest BCUT2D eigenvalue weighted by molar-refractivity contribution is -0.150. The number of benzene rings is 1. The van der Waals surface area contributed by atoms with Gasteiger partial charge in [0.1, 0.15) is 0 Å². The topological polar surface area (TPSA) is 46.5 Å². The number of rotatable bonds is 6. The Balaban J connectivity index is 2.74. The van der Waals surface area contributed by atoms with Crippen LogP contribution in [0, 0.1) is 0 Å². The van der Waals surface area contributed by atoms with Gasteiger partial charge >= 0.3 is 5.97 Å². The van der Waals surface area contributed by atoms with E-state index >= 15 is 0 Å². The van der Waals surface area contributed by atoms with Gasteiger partial charge in [0.05, 0.1) is 0 Å². The zero-order valence-electron chi connectivity index (χ0n) is 9.45. The van der Waals surface area contributed by atoms with Gasteiger partial charge in [-0.25, -0.2) is 4.79 Å². The number of aliphatic carboxylic acids is 1. The van der Waals surface area contributed by atoms with Crippen LogP contribution in [0.4, 0.5) is 0 Å². The molecule has 0 bridgehead atoms. The molecular weight excluding hydrogens is 263 g/mol. The number of carbonyl (C=O) groups is 1. The molecule has 0 heterocycles. The summed E-state index contributed by atoms with van der Waals surface area (Å²) in [4.78, 5) is 11.0. The van der Waals surface area contributed by atoms with E-state index in [-0.39, 0.29) is 6.42 Å². The van der Waals surface area contributed by atoms with Gasteiger partial charge in [0.25, 0.3) is 0 Å². The molecule has 0 spiro atoms. The number of ether oxygens (including phenoxy) is 1. The molecule has 5 heteroatoms. The fraction of sp³-hybridized carbons (Fsp3) is 0.417. The molecule has 0 aliphatic heterocycles. The largest absolute Gasteiger partial charge is 0.479 e. The van der Waals surface area contributed by atoms with E-state index in [9.17, 15) is 4.79 Å². The first-order chi connectivity index (χ1) is 8.02. The Bertz CT molecular complexity index is 373. The Morgan fingerprint density at radius 2 is 1.94 bits per heavy atom. The standard InChI is InChI=1S/C12H14Cl2O3/c1-2-3-17-11(12(15)16)6-8-4-9(13)7-10(14)5-8/h4-5,7,11H,2-3,6H2,1H3,(H,15,16)/t11-/m1/s1. The zero-order valence-corrected chi connectivity index (χ0v) is 11.0. The minimum absolute atomic E-state index is 0.260. The molecule has 94 valence electrons. The number of hydrogen-bond donors (Lipinski definition) is 1. The summed E-state index contributed by atoms with van der Waals surface area (Å²) >= 11 is 11.7. The smallest absolute Gasteiger partial charge is 0.333 e. The van der Waals surface area contributed by atoms with Gasteiger partial charge in [0.15, 0.2) is 6.10 Å². The van der Waals surface area contributed by atoms with Crippen LogP contribution in [0.25, 0.3) is 0 Å².